The number of anilines is 1. The van der Waals surface area contributed by atoms with E-state index in [1.54, 1.807) is 11.9 Å². The molecule has 0 unspecified atom stereocenters. The van der Waals surface area contributed by atoms with Crippen LogP contribution in [0, 0.1) is 0 Å². The van der Waals surface area contributed by atoms with Gasteiger partial charge >= 0.3 is 5.97 Å². The number of benzene rings is 1. The second-order valence-electron chi connectivity index (χ2n) is 3.99. The van der Waals surface area contributed by atoms with Gasteiger partial charge in [-0.2, -0.15) is 0 Å². The molecule has 5 heteroatoms. The lowest BCUT2D eigenvalue weighted by Crippen LogP contribution is -2.40. The molecule has 0 fully saturated rings. The quantitative estimate of drug-likeness (QED) is 0.820. The Labute approximate surface area is 107 Å². The molecule has 0 bridgehead atoms. The molecule has 1 aromatic rings. The summed E-state index contributed by atoms with van der Waals surface area (Å²) in [5.41, 5.74) is 0.800. The average Bonchev–Trinajstić information content (AvgIpc) is 2.37. The number of hydrogen-bond acceptors (Lipinski definition) is 3. The molecule has 0 radical (unpaired) electrons. The van der Waals surface area contributed by atoms with Crippen molar-refractivity contribution in [3.8, 4) is 0 Å². The molecule has 0 aliphatic rings. The zero-order valence-corrected chi connectivity index (χ0v) is 10.7. The van der Waals surface area contributed by atoms with Crippen molar-refractivity contribution in [1.29, 1.82) is 0 Å². The summed E-state index contributed by atoms with van der Waals surface area (Å²) < 4.78 is 0. The van der Waals surface area contributed by atoms with Gasteiger partial charge in [0.05, 0.1) is 13.1 Å². The lowest BCUT2D eigenvalue weighted by Gasteiger charge is -2.22. The van der Waals surface area contributed by atoms with Crippen LogP contribution < -0.4 is 4.90 Å². The molecule has 0 heterocycles. The molecule has 0 saturated carbocycles. The maximum atomic E-state index is 12.0. The lowest BCUT2D eigenvalue weighted by molar-refractivity contribution is -0.138. The SMILES string of the molecule is CCN(CC(=O)O)CC(=O)N(C)c1ccccc1. The summed E-state index contributed by atoms with van der Waals surface area (Å²) in [5, 5.41) is 8.72. The van der Waals surface area contributed by atoms with Crippen molar-refractivity contribution in [1.82, 2.24) is 4.90 Å². The van der Waals surface area contributed by atoms with Gasteiger partial charge in [0.1, 0.15) is 0 Å². The fourth-order valence-electron chi connectivity index (χ4n) is 1.56. The van der Waals surface area contributed by atoms with E-state index < -0.39 is 5.97 Å². The topological polar surface area (TPSA) is 60.9 Å². The van der Waals surface area contributed by atoms with Gasteiger partial charge in [0.15, 0.2) is 0 Å². The highest BCUT2D eigenvalue weighted by atomic mass is 16.4. The third-order valence-electron chi connectivity index (χ3n) is 2.68. The van der Waals surface area contributed by atoms with Crippen LogP contribution in [0.5, 0.6) is 0 Å². The van der Waals surface area contributed by atoms with E-state index >= 15 is 0 Å². The molecular formula is C13H18N2O3. The standard InChI is InChI=1S/C13H18N2O3/c1-3-15(10-13(17)18)9-12(16)14(2)11-7-5-4-6-8-11/h4-8H,3,9-10H2,1-2H3,(H,17,18). The maximum absolute atomic E-state index is 12.0. The summed E-state index contributed by atoms with van der Waals surface area (Å²) in [5.74, 6) is -1.05. The van der Waals surface area contributed by atoms with Crippen molar-refractivity contribution >= 4 is 17.6 Å². The van der Waals surface area contributed by atoms with Gasteiger partial charge < -0.3 is 10.0 Å². The minimum absolute atomic E-state index is 0.105. The zero-order chi connectivity index (χ0) is 13.5. The molecular weight excluding hydrogens is 232 g/mol. The smallest absolute Gasteiger partial charge is 0.317 e. The van der Waals surface area contributed by atoms with Gasteiger partial charge in [-0.25, -0.2) is 0 Å². The van der Waals surface area contributed by atoms with E-state index in [4.69, 9.17) is 5.11 Å². The van der Waals surface area contributed by atoms with Crippen molar-refractivity contribution in [2.24, 2.45) is 0 Å². The van der Waals surface area contributed by atoms with Crippen LogP contribution in [-0.2, 0) is 9.59 Å². The number of rotatable bonds is 6. The van der Waals surface area contributed by atoms with Gasteiger partial charge in [0.25, 0.3) is 0 Å². The van der Waals surface area contributed by atoms with Gasteiger partial charge in [0.2, 0.25) is 5.91 Å². The first-order chi connectivity index (χ1) is 8.54. The normalized spacial score (nSPS) is 10.4. The van der Waals surface area contributed by atoms with E-state index in [-0.39, 0.29) is 19.0 Å². The van der Waals surface area contributed by atoms with Crippen LogP contribution >= 0.6 is 0 Å². The predicted molar refractivity (Wildman–Crippen MR) is 69.6 cm³/mol. The Hall–Kier alpha value is -1.88. The van der Waals surface area contributed by atoms with Crippen LogP contribution in [0.3, 0.4) is 0 Å². The highest BCUT2D eigenvalue weighted by Crippen LogP contribution is 2.11. The second kappa shape index (κ2) is 6.76. The van der Waals surface area contributed by atoms with E-state index in [0.29, 0.717) is 6.54 Å². The van der Waals surface area contributed by atoms with Gasteiger partial charge in [0, 0.05) is 12.7 Å². The number of para-hydroxylation sites is 1. The second-order valence-corrected chi connectivity index (χ2v) is 3.99. The van der Waals surface area contributed by atoms with Gasteiger partial charge in [-0.15, -0.1) is 0 Å². The number of hydrogen-bond donors (Lipinski definition) is 1. The van der Waals surface area contributed by atoms with Gasteiger partial charge in [-0.3, -0.25) is 14.5 Å². The van der Waals surface area contributed by atoms with Crippen molar-refractivity contribution in [3.05, 3.63) is 30.3 Å². The van der Waals surface area contributed by atoms with Crippen LogP contribution in [0.15, 0.2) is 30.3 Å². The first kappa shape index (κ1) is 14.2. The van der Waals surface area contributed by atoms with Crippen molar-refractivity contribution < 1.29 is 14.7 Å². The molecule has 1 amide bonds. The minimum atomic E-state index is -0.924. The predicted octanol–water partition coefficient (Wildman–Crippen LogP) is 1.06. The number of carbonyl (C=O) groups is 2. The molecule has 0 saturated heterocycles. The van der Waals surface area contributed by atoms with E-state index in [1.165, 1.54) is 4.90 Å². The van der Waals surface area contributed by atoms with E-state index in [1.807, 2.05) is 37.3 Å². The summed E-state index contributed by atoms with van der Waals surface area (Å²) in [6, 6.07) is 9.27. The fourth-order valence-corrected chi connectivity index (χ4v) is 1.56. The van der Waals surface area contributed by atoms with Crippen LogP contribution in [0.25, 0.3) is 0 Å². The summed E-state index contributed by atoms with van der Waals surface area (Å²) in [4.78, 5) is 25.7. The molecule has 0 aromatic heterocycles. The van der Waals surface area contributed by atoms with E-state index in [2.05, 4.69) is 0 Å². The van der Waals surface area contributed by atoms with Crippen molar-refractivity contribution in [2.45, 2.75) is 6.92 Å². The number of likely N-dealkylation sites (N-methyl/N-ethyl adjacent to an activating group) is 2. The van der Waals surface area contributed by atoms with Crippen LogP contribution in [0.2, 0.25) is 0 Å². The van der Waals surface area contributed by atoms with Gasteiger partial charge in [-0.1, -0.05) is 25.1 Å². The molecule has 0 atom stereocenters. The third kappa shape index (κ3) is 4.18. The molecule has 1 aromatic carbocycles. The first-order valence-corrected chi connectivity index (χ1v) is 5.80. The summed E-state index contributed by atoms with van der Waals surface area (Å²) in [6.45, 7) is 2.35. The fraction of sp³-hybridized carbons (Fsp3) is 0.385. The number of amides is 1. The minimum Gasteiger partial charge on any atom is -0.480 e. The summed E-state index contributed by atoms with van der Waals surface area (Å²) in [6.07, 6.45) is 0. The molecule has 0 spiro atoms. The molecule has 0 aliphatic heterocycles. The Kier molecular flexibility index (Phi) is 5.32. The largest absolute Gasteiger partial charge is 0.480 e. The number of carbonyl (C=O) groups excluding carboxylic acids is 1. The Morgan fingerprint density at radius 2 is 1.78 bits per heavy atom. The van der Waals surface area contributed by atoms with Crippen LogP contribution in [0.4, 0.5) is 5.69 Å². The molecule has 1 N–H and O–H groups in total. The van der Waals surface area contributed by atoms with Gasteiger partial charge in [-0.05, 0) is 18.7 Å². The lowest BCUT2D eigenvalue weighted by atomic mass is 10.3. The van der Waals surface area contributed by atoms with E-state index in [9.17, 15) is 9.59 Å². The highest BCUT2D eigenvalue weighted by molar-refractivity contribution is 5.94. The first-order valence-electron chi connectivity index (χ1n) is 5.80. The Bertz CT molecular complexity index is 406. The molecule has 98 valence electrons. The summed E-state index contributed by atoms with van der Waals surface area (Å²) >= 11 is 0. The van der Waals surface area contributed by atoms with Crippen LogP contribution in [0.1, 0.15) is 6.92 Å². The number of carboxylic acids is 1. The zero-order valence-electron chi connectivity index (χ0n) is 10.7. The Morgan fingerprint density at radius 3 is 2.28 bits per heavy atom. The Morgan fingerprint density at radius 1 is 1.17 bits per heavy atom. The van der Waals surface area contributed by atoms with E-state index in [0.717, 1.165) is 5.69 Å². The monoisotopic (exact) mass is 250 g/mol. The highest BCUT2D eigenvalue weighted by Gasteiger charge is 2.16. The third-order valence-corrected chi connectivity index (χ3v) is 2.68. The molecule has 0 aliphatic carbocycles. The van der Waals surface area contributed by atoms with Crippen LogP contribution in [-0.4, -0.2) is 48.6 Å². The number of aliphatic carboxylic acids is 1. The number of carboxylic acid groups (broad SMARTS) is 1. The Balaban J connectivity index is 2.61. The maximum Gasteiger partial charge on any atom is 0.317 e. The molecule has 5 nitrogen and oxygen atoms in total. The molecule has 18 heavy (non-hydrogen) atoms. The summed E-state index contributed by atoms with van der Waals surface area (Å²) in [7, 11) is 1.69. The number of nitrogens with zero attached hydrogens (tertiary/aromatic N) is 2. The van der Waals surface area contributed by atoms with Crippen molar-refractivity contribution in [3.63, 3.8) is 0 Å². The van der Waals surface area contributed by atoms with Crippen molar-refractivity contribution in [2.75, 3.05) is 31.6 Å². The average molecular weight is 250 g/mol. The molecule has 1 rings (SSSR count).